The first kappa shape index (κ1) is 25.6. The molecule has 0 amide bonds. The largest absolute Gasteiger partial charge is 0.455 e. The molecule has 2 aromatic heterocycles. The lowest BCUT2D eigenvalue weighted by molar-refractivity contribution is 0.299. The fourth-order valence-electron chi connectivity index (χ4n) is 6.67. The van der Waals surface area contributed by atoms with E-state index in [9.17, 15) is 0 Å². The molecule has 0 atom stereocenters. The zero-order chi connectivity index (χ0) is 29.3. The third kappa shape index (κ3) is 3.72. The van der Waals surface area contributed by atoms with Gasteiger partial charge in [0, 0.05) is 27.5 Å². The van der Waals surface area contributed by atoms with Crippen LogP contribution in [0.15, 0.2) is 120 Å². The van der Waals surface area contributed by atoms with Gasteiger partial charge in [0.25, 0.3) is 0 Å². The number of rotatable bonds is 3. The van der Waals surface area contributed by atoms with Gasteiger partial charge in [-0.15, -0.1) is 0 Å². The maximum Gasteiger partial charge on any atom is 0.167 e. The van der Waals surface area contributed by atoms with Crippen LogP contribution in [0.4, 0.5) is 0 Å². The number of para-hydroxylation sites is 1. The van der Waals surface area contributed by atoms with Crippen molar-refractivity contribution in [3.63, 3.8) is 0 Å². The molecule has 0 saturated heterocycles. The molecule has 4 nitrogen and oxygen atoms in total. The molecule has 208 valence electrons. The van der Waals surface area contributed by atoms with Crippen molar-refractivity contribution in [2.45, 2.75) is 38.5 Å². The molecule has 0 bridgehead atoms. The van der Waals surface area contributed by atoms with Crippen molar-refractivity contribution < 1.29 is 4.42 Å². The van der Waals surface area contributed by atoms with Crippen LogP contribution < -0.4 is 0 Å². The van der Waals surface area contributed by atoms with Gasteiger partial charge < -0.3 is 4.42 Å². The van der Waals surface area contributed by atoms with Gasteiger partial charge in [-0.25, -0.2) is 15.0 Å². The molecule has 5 aromatic carbocycles. The Morgan fingerprint density at radius 2 is 0.977 bits per heavy atom. The smallest absolute Gasteiger partial charge is 0.167 e. The van der Waals surface area contributed by atoms with Crippen LogP contribution in [0.25, 0.3) is 67.2 Å². The molecular formula is C39H31N3O. The first-order valence-electron chi connectivity index (χ1n) is 14.8. The summed E-state index contributed by atoms with van der Waals surface area (Å²) in [6.07, 6.45) is 0. The minimum absolute atomic E-state index is 0.0476. The number of benzene rings is 5. The summed E-state index contributed by atoms with van der Waals surface area (Å²) >= 11 is 0. The predicted molar refractivity (Wildman–Crippen MR) is 175 cm³/mol. The van der Waals surface area contributed by atoms with E-state index in [1.807, 2.05) is 60.7 Å². The van der Waals surface area contributed by atoms with Crippen molar-refractivity contribution in [3.8, 4) is 45.3 Å². The molecular weight excluding hydrogens is 526 g/mol. The minimum atomic E-state index is -0.101. The minimum Gasteiger partial charge on any atom is -0.455 e. The van der Waals surface area contributed by atoms with Crippen LogP contribution in [0.5, 0.6) is 0 Å². The maximum absolute atomic E-state index is 6.95. The Bertz CT molecular complexity index is 2120. The fraction of sp³-hybridized carbons (Fsp3) is 0.154. The van der Waals surface area contributed by atoms with Gasteiger partial charge in [0.05, 0.1) is 5.56 Å². The van der Waals surface area contributed by atoms with Gasteiger partial charge in [0.15, 0.2) is 17.5 Å². The molecule has 1 aliphatic rings. The summed E-state index contributed by atoms with van der Waals surface area (Å²) in [4.78, 5) is 14.9. The highest BCUT2D eigenvalue weighted by Gasteiger charge is 2.46. The summed E-state index contributed by atoms with van der Waals surface area (Å²) in [6, 6.07) is 39.7. The molecule has 2 heterocycles. The molecule has 8 rings (SSSR count). The summed E-state index contributed by atoms with van der Waals surface area (Å²) in [5, 5.41) is 2.15. The summed E-state index contributed by atoms with van der Waals surface area (Å²) < 4.78 is 6.95. The lowest BCUT2D eigenvalue weighted by Crippen LogP contribution is -2.43. The van der Waals surface area contributed by atoms with E-state index >= 15 is 0 Å². The monoisotopic (exact) mass is 557 g/mol. The summed E-state index contributed by atoms with van der Waals surface area (Å²) in [7, 11) is 0. The molecule has 0 saturated carbocycles. The molecule has 7 aromatic rings. The van der Waals surface area contributed by atoms with Gasteiger partial charge in [-0.05, 0) is 33.6 Å². The predicted octanol–water partition coefficient (Wildman–Crippen LogP) is 10.0. The van der Waals surface area contributed by atoms with E-state index in [-0.39, 0.29) is 10.8 Å². The molecule has 0 radical (unpaired) electrons. The van der Waals surface area contributed by atoms with Crippen molar-refractivity contribution in [2.24, 2.45) is 0 Å². The quantitative estimate of drug-likeness (QED) is 0.217. The van der Waals surface area contributed by atoms with E-state index in [1.54, 1.807) is 0 Å². The van der Waals surface area contributed by atoms with E-state index in [2.05, 4.69) is 82.3 Å². The van der Waals surface area contributed by atoms with Gasteiger partial charge >= 0.3 is 0 Å². The van der Waals surface area contributed by atoms with Crippen LogP contribution in [0.2, 0.25) is 0 Å². The summed E-state index contributed by atoms with van der Waals surface area (Å²) in [6.45, 7) is 9.40. The Hall–Kier alpha value is -5.09. The number of nitrogens with zero attached hydrogens (tertiary/aromatic N) is 3. The SMILES string of the molecule is CC1(C)c2ccccc2-c2c(ccc3c2oc2c(-c4nc(-c5ccccc5)nc(-c5ccccc5)n4)cccc23)C1(C)C. The highest BCUT2D eigenvalue weighted by molar-refractivity contribution is 6.14. The number of fused-ring (bicyclic) bond motifs is 7. The van der Waals surface area contributed by atoms with Gasteiger partial charge in [0.2, 0.25) is 0 Å². The Kier molecular flexibility index (Phi) is 5.48. The Morgan fingerprint density at radius 3 is 1.65 bits per heavy atom. The maximum atomic E-state index is 6.95. The van der Waals surface area contributed by atoms with Crippen LogP contribution >= 0.6 is 0 Å². The molecule has 0 spiro atoms. The molecule has 0 N–H and O–H groups in total. The molecule has 43 heavy (non-hydrogen) atoms. The van der Waals surface area contributed by atoms with Crippen molar-refractivity contribution in [1.82, 2.24) is 15.0 Å². The number of hydrogen-bond acceptors (Lipinski definition) is 4. The number of hydrogen-bond donors (Lipinski definition) is 0. The highest BCUT2D eigenvalue weighted by atomic mass is 16.3. The average molecular weight is 558 g/mol. The molecule has 0 aliphatic heterocycles. The van der Waals surface area contributed by atoms with Crippen LogP contribution in [-0.4, -0.2) is 15.0 Å². The second-order valence-electron chi connectivity index (χ2n) is 12.5. The summed E-state index contributed by atoms with van der Waals surface area (Å²) in [5.74, 6) is 1.86. The molecule has 4 heteroatoms. The zero-order valence-electron chi connectivity index (χ0n) is 24.7. The van der Waals surface area contributed by atoms with Crippen LogP contribution in [0, 0.1) is 0 Å². The standard InChI is InChI=1S/C39H31N3O/c1-38(2)30-21-12-11-18-28(30)32-31(39(38,3)4)23-22-27-26-19-13-20-29(33(26)43-34(27)32)37-41-35(24-14-7-5-8-15-24)40-36(42-37)25-16-9-6-10-17-25/h5-23H,1-4H3. The topological polar surface area (TPSA) is 51.8 Å². The van der Waals surface area contributed by atoms with Crippen LogP contribution in [0.1, 0.15) is 38.8 Å². The molecule has 1 aliphatic carbocycles. The van der Waals surface area contributed by atoms with E-state index in [4.69, 9.17) is 19.4 Å². The van der Waals surface area contributed by atoms with Crippen LogP contribution in [0.3, 0.4) is 0 Å². The Labute approximate surface area is 251 Å². The first-order valence-corrected chi connectivity index (χ1v) is 14.8. The first-order chi connectivity index (χ1) is 20.8. The Morgan fingerprint density at radius 1 is 0.442 bits per heavy atom. The van der Waals surface area contributed by atoms with Crippen molar-refractivity contribution in [2.75, 3.05) is 0 Å². The van der Waals surface area contributed by atoms with Crippen molar-refractivity contribution in [3.05, 3.63) is 126 Å². The highest BCUT2D eigenvalue weighted by Crippen LogP contribution is 2.56. The number of aromatic nitrogens is 3. The third-order valence-electron chi connectivity index (χ3n) is 9.71. The van der Waals surface area contributed by atoms with E-state index in [1.165, 1.54) is 22.3 Å². The third-order valence-corrected chi connectivity index (χ3v) is 9.71. The van der Waals surface area contributed by atoms with Gasteiger partial charge in [-0.2, -0.15) is 0 Å². The van der Waals surface area contributed by atoms with Gasteiger partial charge in [-0.3, -0.25) is 0 Å². The molecule has 0 fully saturated rings. The molecule has 0 unspecified atom stereocenters. The van der Waals surface area contributed by atoms with E-state index in [0.717, 1.165) is 38.6 Å². The van der Waals surface area contributed by atoms with Gasteiger partial charge in [0.1, 0.15) is 11.2 Å². The van der Waals surface area contributed by atoms with E-state index in [0.29, 0.717) is 17.5 Å². The number of furan rings is 1. The van der Waals surface area contributed by atoms with Gasteiger partial charge in [-0.1, -0.05) is 137 Å². The second kappa shape index (κ2) is 9.20. The van der Waals surface area contributed by atoms with E-state index < -0.39 is 0 Å². The zero-order valence-corrected chi connectivity index (χ0v) is 24.7. The van der Waals surface area contributed by atoms with Crippen LogP contribution in [-0.2, 0) is 10.8 Å². The fourth-order valence-corrected chi connectivity index (χ4v) is 6.67. The second-order valence-corrected chi connectivity index (χ2v) is 12.5. The lowest BCUT2D eigenvalue weighted by Gasteiger charge is -2.48. The normalized spacial score (nSPS) is 14.9. The lowest BCUT2D eigenvalue weighted by atomic mass is 9.55. The van der Waals surface area contributed by atoms with Crippen molar-refractivity contribution >= 4 is 21.9 Å². The van der Waals surface area contributed by atoms with Crippen molar-refractivity contribution in [1.29, 1.82) is 0 Å². The summed E-state index contributed by atoms with van der Waals surface area (Å²) in [5.41, 5.74) is 9.36. The average Bonchev–Trinajstić information content (AvgIpc) is 3.43. The Balaban J connectivity index is 1.41.